The summed E-state index contributed by atoms with van der Waals surface area (Å²) in [6.07, 6.45) is 0. The number of guanidine groups is 1. The molecule has 98 valence electrons. The first-order chi connectivity index (χ1) is 8.77. The zero-order valence-electron chi connectivity index (χ0n) is 10.8. The quantitative estimate of drug-likeness (QED) is 0.846. The number of para-hydroxylation sites is 1. The van der Waals surface area contributed by atoms with E-state index in [1.807, 2.05) is 18.2 Å². The number of aliphatic imine (C=N–C) groups is 1. The second kappa shape index (κ2) is 5.73. The Morgan fingerprint density at radius 3 is 2.89 bits per heavy atom. The van der Waals surface area contributed by atoms with Gasteiger partial charge in [-0.05, 0) is 6.07 Å². The molecule has 0 fully saturated rings. The van der Waals surface area contributed by atoms with Crippen molar-refractivity contribution in [2.45, 2.75) is 6.04 Å². The summed E-state index contributed by atoms with van der Waals surface area (Å²) in [6.45, 7) is 2.02. The van der Waals surface area contributed by atoms with Gasteiger partial charge in [0.25, 0.3) is 0 Å². The number of hydrogen-bond donors (Lipinski definition) is 1. The number of hydrogen-bond acceptors (Lipinski definition) is 5. The van der Waals surface area contributed by atoms with Crippen LogP contribution in [0.15, 0.2) is 29.3 Å². The first kappa shape index (κ1) is 12.7. The summed E-state index contributed by atoms with van der Waals surface area (Å²) in [5, 5.41) is 0. The topological polar surface area (TPSA) is 60.1 Å². The molecule has 2 N–H and O–H groups in total. The van der Waals surface area contributed by atoms with E-state index >= 15 is 0 Å². The first-order valence-electron chi connectivity index (χ1n) is 5.96. The lowest BCUT2D eigenvalue weighted by atomic mass is 10.1. The van der Waals surface area contributed by atoms with E-state index in [1.54, 1.807) is 14.2 Å². The van der Waals surface area contributed by atoms with Crippen molar-refractivity contribution in [2.75, 3.05) is 33.9 Å². The third-order valence-corrected chi connectivity index (χ3v) is 3.13. The molecule has 5 heteroatoms. The average Bonchev–Trinajstić information content (AvgIpc) is 2.77. The van der Waals surface area contributed by atoms with Gasteiger partial charge in [-0.25, -0.2) is 0 Å². The minimum atomic E-state index is 0.135. The summed E-state index contributed by atoms with van der Waals surface area (Å²) in [4.78, 5) is 6.37. The minimum absolute atomic E-state index is 0.135. The molecule has 0 spiro atoms. The number of rotatable bonds is 5. The molecule has 2 rings (SSSR count). The molecule has 18 heavy (non-hydrogen) atoms. The van der Waals surface area contributed by atoms with Gasteiger partial charge in [-0.2, -0.15) is 0 Å². The van der Waals surface area contributed by atoms with Gasteiger partial charge in [0, 0.05) is 19.2 Å². The monoisotopic (exact) mass is 249 g/mol. The molecule has 0 aromatic heterocycles. The predicted octanol–water partition coefficient (Wildman–Crippen LogP) is 1.01. The molecule has 0 aliphatic carbocycles. The second-order valence-corrected chi connectivity index (χ2v) is 4.14. The van der Waals surface area contributed by atoms with E-state index in [-0.39, 0.29) is 6.04 Å². The highest BCUT2D eigenvalue weighted by molar-refractivity contribution is 5.80. The van der Waals surface area contributed by atoms with Crippen LogP contribution in [0.1, 0.15) is 11.6 Å². The molecular weight excluding hydrogens is 230 g/mol. The van der Waals surface area contributed by atoms with Crippen LogP contribution in [0, 0.1) is 0 Å². The molecule has 1 aliphatic heterocycles. The maximum atomic E-state index is 5.92. The summed E-state index contributed by atoms with van der Waals surface area (Å²) < 4.78 is 10.5. The van der Waals surface area contributed by atoms with Gasteiger partial charge in [-0.1, -0.05) is 18.2 Å². The standard InChI is InChI=1S/C13H19N3O2/c1-17-8-7-16-11(9-15-13(16)14)10-5-3-4-6-12(10)18-2/h3-6,11H,7-9H2,1-2H3,(H2,14,15). The fraction of sp³-hybridized carbons (Fsp3) is 0.462. The summed E-state index contributed by atoms with van der Waals surface area (Å²) in [6, 6.07) is 8.11. The molecule has 0 saturated heterocycles. The van der Waals surface area contributed by atoms with Crippen molar-refractivity contribution in [3.63, 3.8) is 0 Å². The first-order valence-corrected chi connectivity index (χ1v) is 5.96. The summed E-state index contributed by atoms with van der Waals surface area (Å²) in [5.41, 5.74) is 7.03. The highest BCUT2D eigenvalue weighted by Crippen LogP contribution is 2.31. The van der Waals surface area contributed by atoms with E-state index in [1.165, 1.54) is 0 Å². The zero-order chi connectivity index (χ0) is 13.0. The highest BCUT2D eigenvalue weighted by atomic mass is 16.5. The molecule has 1 atom stereocenters. The third kappa shape index (κ3) is 2.41. The van der Waals surface area contributed by atoms with E-state index < -0.39 is 0 Å². The number of methoxy groups -OCH3 is 2. The molecule has 1 unspecified atom stereocenters. The van der Waals surface area contributed by atoms with Crippen LogP contribution in [-0.4, -0.2) is 44.8 Å². The van der Waals surface area contributed by atoms with Gasteiger partial charge in [-0.3, -0.25) is 4.99 Å². The molecule has 0 radical (unpaired) electrons. The van der Waals surface area contributed by atoms with Gasteiger partial charge in [0.2, 0.25) is 0 Å². The van der Waals surface area contributed by atoms with Gasteiger partial charge in [0.15, 0.2) is 5.96 Å². The number of benzene rings is 1. The fourth-order valence-corrected chi connectivity index (χ4v) is 2.20. The van der Waals surface area contributed by atoms with Crippen molar-refractivity contribution < 1.29 is 9.47 Å². The van der Waals surface area contributed by atoms with Crippen molar-refractivity contribution >= 4 is 5.96 Å². The van der Waals surface area contributed by atoms with E-state index in [9.17, 15) is 0 Å². The Morgan fingerprint density at radius 2 is 2.17 bits per heavy atom. The van der Waals surface area contributed by atoms with E-state index in [4.69, 9.17) is 15.2 Å². The normalized spacial score (nSPS) is 18.9. The molecule has 1 aromatic rings. The number of nitrogens with zero attached hydrogens (tertiary/aromatic N) is 2. The van der Waals surface area contributed by atoms with Crippen LogP contribution in [0.5, 0.6) is 5.75 Å². The van der Waals surface area contributed by atoms with Crippen LogP contribution >= 0.6 is 0 Å². The minimum Gasteiger partial charge on any atom is -0.496 e. The Morgan fingerprint density at radius 1 is 1.39 bits per heavy atom. The third-order valence-electron chi connectivity index (χ3n) is 3.13. The van der Waals surface area contributed by atoms with Crippen LogP contribution in [-0.2, 0) is 4.74 Å². The molecule has 1 heterocycles. The Kier molecular flexibility index (Phi) is 4.04. The Hall–Kier alpha value is -1.75. The van der Waals surface area contributed by atoms with E-state index in [0.29, 0.717) is 19.1 Å². The summed E-state index contributed by atoms with van der Waals surface area (Å²) in [7, 11) is 3.36. The van der Waals surface area contributed by atoms with Crippen LogP contribution in [0.4, 0.5) is 0 Å². The summed E-state index contributed by atoms with van der Waals surface area (Å²) >= 11 is 0. The predicted molar refractivity (Wildman–Crippen MR) is 70.8 cm³/mol. The SMILES string of the molecule is COCCN1C(N)=NCC1c1ccccc1OC. The van der Waals surface area contributed by atoms with Gasteiger partial charge >= 0.3 is 0 Å². The molecule has 5 nitrogen and oxygen atoms in total. The van der Waals surface area contributed by atoms with Crippen molar-refractivity contribution in [3.8, 4) is 5.75 Å². The lowest BCUT2D eigenvalue weighted by Gasteiger charge is -2.27. The number of ether oxygens (including phenoxy) is 2. The lowest BCUT2D eigenvalue weighted by molar-refractivity contribution is 0.166. The van der Waals surface area contributed by atoms with Gasteiger partial charge in [0.05, 0.1) is 26.3 Å². The lowest BCUT2D eigenvalue weighted by Crippen LogP contribution is -2.38. The Balaban J connectivity index is 2.21. The smallest absolute Gasteiger partial charge is 0.192 e. The Bertz CT molecular complexity index is 434. The number of nitrogens with two attached hydrogens (primary N) is 1. The van der Waals surface area contributed by atoms with Gasteiger partial charge in [-0.15, -0.1) is 0 Å². The van der Waals surface area contributed by atoms with Crippen LogP contribution in [0.25, 0.3) is 0 Å². The van der Waals surface area contributed by atoms with Crippen LogP contribution < -0.4 is 10.5 Å². The Labute approximate surface area is 107 Å². The maximum absolute atomic E-state index is 5.92. The van der Waals surface area contributed by atoms with Gasteiger partial charge < -0.3 is 20.1 Å². The van der Waals surface area contributed by atoms with E-state index in [0.717, 1.165) is 17.9 Å². The second-order valence-electron chi connectivity index (χ2n) is 4.14. The fourth-order valence-electron chi connectivity index (χ4n) is 2.20. The largest absolute Gasteiger partial charge is 0.496 e. The zero-order valence-corrected chi connectivity index (χ0v) is 10.8. The maximum Gasteiger partial charge on any atom is 0.192 e. The molecule has 0 amide bonds. The molecule has 1 aromatic carbocycles. The van der Waals surface area contributed by atoms with Crippen molar-refractivity contribution in [1.82, 2.24) is 4.90 Å². The van der Waals surface area contributed by atoms with Crippen LogP contribution in [0.3, 0.4) is 0 Å². The molecule has 0 saturated carbocycles. The summed E-state index contributed by atoms with van der Waals surface area (Å²) in [5.74, 6) is 1.44. The molecule has 1 aliphatic rings. The van der Waals surface area contributed by atoms with Crippen molar-refractivity contribution in [3.05, 3.63) is 29.8 Å². The average molecular weight is 249 g/mol. The van der Waals surface area contributed by atoms with Gasteiger partial charge in [0.1, 0.15) is 5.75 Å². The molecular formula is C13H19N3O2. The van der Waals surface area contributed by atoms with Crippen LogP contribution in [0.2, 0.25) is 0 Å². The highest BCUT2D eigenvalue weighted by Gasteiger charge is 2.28. The van der Waals surface area contributed by atoms with Crippen molar-refractivity contribution in [1.29, 1.82) is 0 Å². The molecule has 0 bridgehead atoms. The van der Waals surface area contributed by atoms with Crippen molar-refractivity contribution in [2.24, 2.45) is 10.7 Å². The van der Waals surface area contributed by atoms with E-state index in [2.05, 4.69) is 16.0 Å².